The average molecular weight is 210 g/mol. The molecule has 3 unspecified atom stereocenters. The largest absolute Gasteiger partial charge is 0.467 e. The predicted octanol–water partition coefficient (Wildman–Crippen LogP) is 1.44. The van der Waals surface area contributed by atoms with Crippen LogP contribution in [0.1, 0.15) is 32.6 Å². The molecule has 0 aromatic carbocycles. The number of rotatable bonds is 4. The number of nitrogens with one attached hydrogen (secondary N) is 1. The minimum absolute atomic E-state index is 0.0473. The van der Waals surface area contributed by atoms with Crippen LogP contribution in [-0.2, 0) is 4.79 Å². The van der Waals surface area contributed by atoms with Gasteiger partial charge in [0.1, 0.15) is 5.76 Å². The van der Waals surface area contributed by atoms with Crippen LogP contribution in [0.25, 0.3) is 0 Å². The number of carbonyl (C=O) groups excluding carboxylic acids is 1. The SMILES string of the molecule is CC(NC(=O)C(C)C(C)N)c1ccco1. The zero-order valence-electron chi connectivity index (χ0n) is 9.36. The lowest BCUT2D eigenvalue weighted by Crippen LogP contribution is -2.39. The smallest absolute Gasteiger partial charge is 0.224 e. The highest BCUT2D eigenvalue weighted by Gasteiger charge is 2.19. The summed E-state index contributed by atoms with van der Waals surface area (Å²) in [5.74, 6) is 0.511. The third-order valence-corrected chi connectivity index (χ3v) is 2.53. The van der Waals surface area contributed by atoms with Crippen LogP contribution < -0.4 is 11.1 Å². The highest BCUT2D eigenvalue weighted by atomic mass is 16.3. The number of furan rings is 1. The van der Waals surface area contributed by atoms with Gasteiger partial charge in [0, 0.05) is 12.0 Å². The van der Waals surface area contributed by atoms with Gasteiger partial charge in [-0.1, -0.05) is 6.92 Å². The first-order chi connectivity index (χ1) is 7.02. The van der Waals surface area contributed by atoms with Crippen LogP contribution >= 0.6 is 0 Å². The summed E-state index contributed by atoms with van der Waals surface area (Å²) in [7, 11) is 0. The fourth-order valence-electron chi connectivity index (χ4n) is 1.19. The van der Waals surface area contributed by atoms with Crippen LogP contribution in [-0.4, -0.2) is 11.9 Å². The molecule has 0 fully saturated rings. The maximum Gasteiger partial charge on any atom is 0.224 e. The molecule has 0 aliphatic carbocycles. The van der Waals surface area contributed by atoms with E-state index < -0.39 is 0 Å². The Morgan fingerprint density at radius 2 is 2.13 bits per heavy atom. The summed E-state index contributed by atoms with van der Waals surface area (Å²) in [6.07, 6.45) is 1.59. The molecule has 0 aliphatic rings. The van der Waals surface area contributed by atoms with Gasteiger partial charge in [0.15, 0.2) is 0 Å². The second-order valence-electron chi connectivity index (χ2n) is 3.89. The highest BCUT2D eigenvalue weighted by molar-refractivity contribution is 5.79. The summed E-state index contributed by atoms with van der Waals surface area (Å²) in [5.41, 5.74) is 5.65. The molecule has 1 amide bonds. The van der Waals surface area contributed by atoms with E-state index >= 15 is 0 Å². The topological polar surface area (TPSA) is 68.3 Å². The molecule has 4 heteroatoms. The maximum absolute atomic E-state index is 11.7. The molecule has 0 spiro atoms. The van der Waals surface area contributed by atoms with E-state index in [-0.39, 0.29) is 23.9 Å². The summed E-state index contributed by atoms with van der Waals surface area (Å²) < 4.78 is 5.19. The van der Waals surface area contributed by atoms with Gasteiger partial charge in [-0.15, -0.1) is 0 Å². The van der Waals surface area contributed by atoms with E-state index in [1.807, 2.05) is 26.8 Å². The van der Waals surface area contributed by atoms with Crippen molar-refractivity contribution in [2.45, 2.75) is 32.9 Å². The number of amides is 1. The molecular formula is C11H18N2O2. The fourth-order valence-corrected chi connectivity index (χ4v) is 1.19. The van der Waals surface area contributed by atoms with E-state index in [0.717, 1.165) is 5.76 Å². The summed E-state index contributed by atoms with van der Waals surface area (Å²) in [4.78, 5) is 11.7. The Morgan fingerprint density at radius 1 is 1.47 bits per heavy atom. The third kappa shape index (κ3) is 3.09. The Labute approximate surface area is 89.8 Å². The summed E-state index contributed by atoms with van der Waals surface area (Å²) in [5, 5.41) is 2.85. The monoisotopic (exact) mass is 210 g/mol. The molecule has 0 radical (unpaired) electrons. The summed E-state index contributed by atoms with van der Waals surface area (Å²) >= 11 is 0. The van der Waals surface area contributed by atoms with Crippen molar-refractivity contribution >= 4 is 5.91 Å². The van der Waals surface area contributed by atoms with E-state index in [2.05, 4.69) is 5.32 Å². The maximum atomic E-state index is 11.7. The molecule has 84 valence electrons. The molecule has 3 atom stereocenters. The van der Waals surface area contributed by atoms with E-state index in [9.17, 15) is 4.79 Å². The van der Waals surface area contributed by atoms with Gasteiger partial charge in [0.25, 0.3) is 0 Å². The molecule has 1 rings (SSSR count). The third-order valence-electron chi connectivity index (χ3n) is 2.53. The Bertz CT molecular complexity index is 306. The molecule has 4 nitrogen and oxygen atoms in total. The Kier molecular flexibility index (Phi) is 3.91. The predicted molar refractivity (Wildman–Crippen MR) is 58.1 cm³/mol. The summed E-state index contributed by atoms with van der Waals surface area (Å²) in [6, 6.07) is 3.37. The van der Waals surface area contributed by atoms with E-state index in [1.54, 1.807) is 12.3 Å². The number of hydrogen-bond donors (Lipinski definition) is 2. The first kappa shape index (κ1) is 11.8. The van der Waals surface area contributed by atoms with Crippen molar-refractivity contribution in [1.29, 1.82) is 0 Å². The molecule has 1 aromatic rings. The quantitative estimate of drug-likeness (QED) is 0.790. The van der Waals surface area contributed by atoms with Gasteiger partial charge in [-0.05, 0) is 26.0 Å². The Morgan fingerprint density at radius 3 is 2.60 bits per heavy atom. The molecule has 0 saturated heterocycles. The van der Waals surface area contributed by atoms with Crippen molar-refractivity contribution in [3.05, 3.63) is 24.2 Å². The van der Waals surface area contributed by atoms with Gasteiger partial charge < -0.3 is 15.5 Å². The van der Waals surface area contributed by atoms with Crippen LogP contribution in [0.4, 0.5) is 0 Å². The van der Waals surface area contributed by atoms with Crippen molar-refractivity contribution in [2.24, 2.45) is 11.7 Å². The Balaban J connectivity index is 2.52. The zero-order chi connectivity index (χ0) is 11.4. The van der Waals surface area contributed by atoms with E-state index in [1.165, 1.54) is 0 Å². The number of hydrogen-bond acceptors (Lipinski definition) is 3. The molecule has 0 bridgehead atoms. The van der Waals surface area contributed by atoms with Crippen molar-refractivity contribution in [3.8, 4) is 0 Å². The lowest BCUT2D eigenvalue weighted by molar-refractivity contribution is -0.125. The molecular weight excluding hydrogens is 192 g/mol. The van der Waals surface area contributed by atoms with Crippen molar-refractivity contribution < 1.29 is 9.21 Å². The van der Waals surface area contributed by atoms with Gasteiger partial charge in [0.05, 0.1) is 12.3 Å². The zero-order valence-corrected chi connectivity index (χ0v) is 9.36. The lowest BCUT2D eigenvalue weighted by atomic mass is 10.0. The number of carbonyl (C=O) groups is 1. The van der Waals surface area contributed by atoms with Gasteiger partial charge in [-0.25, -0.2) is 0 Å². The minimum Gasteiger partial charge on any atom is -0.467 e. The van der Waals surface area contributed by atoms with Gasteiger partial charge >= 0.3 is 0 Å². The van der Waals surface area contributed by atoms with Crippen LogP contribution in [0, 0.1) is 5.92 Å². The number of nitrogens with two attached hydrogens (primary N) is 1. The normalized spacial score (nSPS) is 16.8. The molecule has 0 saturated carbocycles. The van der Waals surface area contributed by atoms with Crippen LogP contribution in [0.5, 0.6) is 0 Å². The summed E-state index contributed by atoms with van der Waals surface area (Å²) in [6.45, 7) is 5.52. The second kappa shape index (κ2) is 4.98. The lowest BCUT2D eigenvalue weighted by Gasteiger charge is -2.18. The second-order valence-corrected chi connectivity index (χ2v) is 3.89. The molecule has 0 aliphatic heterocycles. The molecule has 1 aromatic heterocycles. The highest BCUT2D eigenvalue weighted by Crippen LogP contribution is 2.13. The van der Waals surface area contributed by atoms with Crippen LogP contribution in [0.3, 0.4) is 0 Å². The first-order valence-corrected chi connectivity index (χ1v) is 5.11. The standard InChI is InChI=1S/C11H18N2O2/c1-7(8(2)12)11(14)13-9(3)10-5-4-6-15-10/h4-9H,12H2,1-3H3,(H,13,14). The van der Waals surface area contributed by atoms with Crippen molar-refractivity contribution in [1.82, 2.24) is 5.32 Å². The fraction of sp³-hybridized carbons (Fsp3) is 0.545. The van der Waals surface area contributed by atoms with E-state index in [4.69, 9.17) is 10.2 Å². The van der Waals surface area contributed by atoms with Gasteiger partial charge in [-0.3, -0.25) is 4.79 Å². The first-order valence-electron chi connectivity index (χ1n) is 5.11. The molecule has 15 heavy (non-hydrogen) atoms. The minimum atomic E-state index is -0.192. The van der Waals surface area contributed by atoms with Crippen molar-refractivity contribution in [2.75, 3.05) is 0 Å². The average Bonchev–Trinajstić information content (AvgIpc) is 2.68. The van der Waals surface area contributed by atoms with Gasteiger partial charge in [-0.2, -0.15) is 0 Å². The molecule has 1 heterocycles. The van der Waals surface area contributed by atoms with Gasteiger partial charge in [0.2, 0.25) is 5.91 Å². The van der Waals surface area contributed by atoms with Crippen LogP contribution in [0.2, 0.25) is 0 Å². The Hall–Kier alpha value is -1.29. The molecule has 3 N–H and O–H groups in total. The van der Waals surface area contributed by atoms with E-state index in [0.29, 0.717) is 0 Å². The van der Waals surface area contributed by atoms with Crippen molar-refractivity contribution in [3.63, 3.8) is 0 Å². The van der Waals surface area contributed by atoms with Crippen LogP contribution in [0.15, 0.2) is 22.8 Å².